The van der Waals surface area contributed by atoms with Gasteiger partial charge in [-0.05, 0) is 31.9 Å². The van der Waals surface area contributed by atoms with E-state index in [0.717, 1.165) is 0 Å². The van der Waals surface area contributed by atoms with Crippen molar-refractivity contribution in [2.24, 2.45) is 0 Å². The summed E-state index contributed by atoms with van der Waals surface area (Å²) in [6.07, 6.45) is 0. The maximum absolute atomic E-state index is 8.36. The molecular formula is C10H14O2. The molecule has 0 aliphatic rings. The van der Waals surface area contributed by atoms with Gasteiger partial charge in [-0.25, -0.2) is 0 Å². The molecule has 0 fully saturated rings. The summed E-state index contributed by atoms with van der Waals surface area (Å²) in [6.45, 7) is 6.14. The third kappa shape index (κ3) is 3.76. The van der Waals surface area contributed by atoms with Crippen LogP contribution in [0.4, 0.5) is 0 Å². The fourth-order valence-electron chi connectivity index (χ4n) is 0.891. The lowest BCUT2D eigenvalue weighted by molar-refractivity contribution is -0.122. The minimum atomic E-state index is -0.250. The second-order valence-electron chi connectivity index (χ2n) is 2.69. The summed E-state index contributed by atoms with van der Waals surface area (Å²) in [5.41, 5.74) is 4.11. The summed E-state index contributed by atoms with van der Waals surface area (Å²) in [5.74, 6) is 0. The van der Waals surface area contributed by atoms with Gasteiger partial charge in [-0.3, -0.25) is 4.79 Å². The second kappa shape index (κ2) is 5.35. The third-order valence-corrected chi connectivity index (χ3v) is 1.66. The molecule has 1 N–H and O–H groups in total. The van der Waals surface area contributed by atoms with E-state index in [2.05, 4.69) is 39.0 Å². The van der Waals surface area contributed by atoms with Crippen LogP contribution in [0, 0.1) is 20.8 Å². The minimum Gasteiger partial charge on any atom is -0.483 e. The molecular weight excluding hydrogens is 152 g/mol. The largest absolute Gasteiger partial charge is 0.483 e. The van der Waals surface area contributed by atoms with Crippen LogP contribution in [-0.2, 0) is 4.79 Å². The molecule has 0 saturated heterocycles. The van der Waals surface area contributed by atoms with Crippen LogP contribution in [0.2, 0.25) is 0 Å². The Balaban J connectivity index is 0.000000354. The minimum absolute atomic E-state index is 0.250. The van der Waals surface area contributed by atoms with E-state index in [4.69, 9.17) is 9.90 Å². The summed E-state index contributed by atoms with van der Waals surface area (Å²) in [7, 11) is 0. The molecule has 0 atom stereocenters. The Morgan fingerprint density at radius 3 is 2.00 bits per heavy atom. The van der Waals surface area contributed by atoms with Gasteiger partial charge in [-0.1, -0.05) is 23.8 Å². The van der Waals surface area contributed by atoms with Crippen LogP contribution in [0.5, 0.6) is 0 Å². The lowest BCUT2D eigenvalue weighted by atomic mass is 10.1. The fraction of sp³-hybridized carbons (Fsp3) is 0.300. The number of rotatable bonds is 0. The molecule has 0 spiro atoms. The van der Waals surface area contributed by atoms with Crippen molar-refractivity contribution in [2.75, 3.05) is 0 Å². The topological polar surface area (TPSA) is 37.3 Å². The van der Waals surface area contributed by atoms with Crippen molar-refractivity contribution in [1.29, 1.82) is 0 Å². The Morgan fingerprint density at radius 2 is 1.67 bits per heavy atom. The zero-order valence-electron chi connectivity index (χ0n) is 7.66. The number of hydrogen-bond acceptors (Lipinski definition) is 1. The first-order chi connectivity index (χ1) is 5.61. The smallest absolute Gasteiger partial charge is 0.290 e. The number of carbonyl (C=O) groups is 1. The predicted molar refractivity (Wildman–Crippen MR) is 49.3 cm³/mol. The van der Waals surface area contributed by atoms with Crippen molar-refractivity contribution in [3.05, 3.63) is 34.9 Å². The highest BCUT2D eigenvalue weighted by molar-refractivity contribution is 5.32. The average Bonchev–Trinajstić information content (AvgIpc) is 1.99. The lowest BCUT2D eigenvalue weighted by Crippen LogP contribution is -1.79. The molecule has 0 radical (unpaired) electrons. The molecule has 2 heteroatoms. The Bertz CT molecular complexity index is 254. The van der Waals surface area contributed by atoms with Gasteiger partial charge in [0.2, 0.25) is 0 Å². The van der Waals surface area contributed by atoms with Crippen LogP contribution in [0.1, 0.15) is 16.7 Å². The van der Waals surface area contributed by atoms with E-state index in [-0.39, 0.29) is 6.47 Å². The van der Waals surface area contributed by atoms with Gasteiger partial charge in [0.05, 0.1) is 0 Å². The Hall–Kier alpha value is -1.31. The molecule has 66 valence electrons. The quantitative estimate of drug-likeness (QED) is 0.600. The molecule has 12 heavy (non-hydrogen) atoms. The Morgan fingerprint density at radius 1 is 1.17 bits per heavy atom. The molecule has 0 unspecified atom stereocenters. The molecule has 1 rings (SSSR count). The van der Waals surface area contributed by atoms with Gasteiger partial charge in [-0.15, -0.1) is 0 Å². The highest BCUT2D eigenvalue weighted by Gasteiger charge is 1.89. The monoisotopic (exact) mass is 166 g/mol. The predicted octanol–water partition coefficient (Wildman–Crippen LogP) is 2.31. The van der Waals surface area contributed by atoms with Gasteiger partial charge >= 0.3 is 0 Å². The van der Waals surface area contributed by atoms with E-state index in [0.29, 0.717) is 0 Å². The maximum Gasteiger partial charge on any atom is 0.290 e. The summed E-state index contributed by atoms with van der Waals surface area (Å²) in [5, 5.41) is 6.89. The SMILES string of the molecule is Cc1ccc(C)c(C)c1.O=CO. The van der Waals surface area contributed by atoms with E-state index in [1.165, 1.54) is 16.7 Å². The third-order valence-electron chi connectivity index (χ3n) is 1.66. The molecule has 0 amide bonds. The van der Waals surface area contributed by atoms with Gasteiger partial charge in [0.1, 0.15) is 0 Å². The van der Waals surface area contributed by atoms with Gasteiger partial charge in [-0.2, -0.15) is 0 Å². The van der Waals surface area contributed by atoms with Crippen molar-refractivity contribution in [2.45, 2.75) is 20.8 Å². The van der Waals surface area contributed by atoms with Crippen molar-refractivity contribution < 1.29 is 9.90 Å². The van der Waals surface area contributed by atoms with Crippen LogP contribution in [0.25, 0.3) is 0 Å². The average molecular weight is 166 g/mol. The molecule has 1 aromatic carbocycles. The van der Waals surface area contributed by atoms with Gasteiger partial charge in [0, 0.05) is 0 Å². The Labute approximate surface area is 72.9 Å². The molecule has 0 heterocycles. The van der Waals surface area contributed by atoms with Crippen LogP contribution in [-0.4, -0.2) is 11.6 Å². The number of benzene rings is 1. The van der Waals surface area contributed by atoms with Crippen molar-refractivity contribution >= 4 is 6.47 Å². The van der Waals surface area contributed by atoms with Crippen molar-refractivity contribution in [1.82, 2.24) is 0 Å². The summed E-state index contributed by atoms with van der Waals surface area (Å²) >= 11 is 0. The van der Waals surface area contributed by atoms with E-state index < -0.39 is 0 Å². The molecule has 1 aromatic rings. The van der Waals surface area contributed by atoms with Gasteiger partial charge in [0.15, 0.2) is 0 Å². The zero-order valence-corrected chi connectivity index (χ0v) is 7.66. The van der Waals surface area contributed by atoms with Crippen molar-refractivity contribution in [3.8, 4) is 0 Å². The fourth-order valence-corrected chi connectivity index (χ4v) is 0.891. The molecule has 2 nitrogen and oxygen atoms in total. The summed E-state index contributed by atoms with van der Waals surface area (Å²) in [6, 6.07) is 6.50. The molecule has 0 aliphatic heterocycles. The van der Waals surface area contributed by atoms with Crippen LogP contribution in [0.15, 0.2) is 18.2 Å². The molecule has 0 saturated carbocycles. The lowest BCUT2D eigenvalue weighted by Gasteiger charge is -1.98. The van der Waals surface area contributed by atoms with Crippen LogP contribution in [0.3, 0.4) is 0 Å². The normalized spacial score (nSPS) is 8.25. The van der Waals surface area contributed by atoms with Crippen molar-refractivity contribution in [3.63, 3.8) is 0 Å². The van der Waals surface area contributed by atoms with E-state index in [1.807, 2.05) is 0 Å². The standard InChI is InChI=1S/C9H12.CH2O2/c1-7-4-5-8(2)9(3)6-7;2-1-3/h4-6H,1-3H3;1H,(H,2,3). The van der Waals surface area contributed by atoms with E-state index in [1.54, 1.807) is 0 Å². The zero-order chi connectivity index (χ0) is 9.56. The second-order valence-corrected chi connectivity index (χ2v) is 2.69. The highest BCUT2D eigenvalue weighted by Crippen LogP contribution is 2.07. The molecule has 0 aliphatic carbocycles. The number of aryl methyl sites for hydroxylation is 3. The molecule has 0 bridgehead atoms. The van der Waals surface area contributed by atoms with E-state index >= 15 is 0 Å². The number of hydrogen-bond donors (Lipinski definition) is 1. The number of carboxylic acid groups (broad SMARTS) is 1. The summed E-state index contributed by atoms with van der Waals surface area (Å²) < 4.78 is 0. The first-order valence-electron chi connectivity index (χ1n) is 3.73. The Kier molecular flexibility index (Phi) is 4.77. The van der Waals surface area contributed by atoms with Crippen LogP contribution >= 0.6 is 0 Å². The summed E-state index contributed by atoms with van der Waals surface area (Å²) in [4.78, 5) is 8.36. The van der Waals surface area contributed by atoms with E-state index in [9.17, 15) is 0 Å². The van der Waals surface area contributed by atoms with Gasteiger partial charge in [0.25, 0.3) is 6.47 Å². The maximum atomic E-state index is 8.36. The van der Waals surface area contributed by atoms with Gasteiger partial charge < -0.3 is 5.11 Å². The first kappa shape index (κ1) is 10.7. The highest BCUT2D eigenvalue weighted by atomic mass is 16.3. The first-order valence-corrected chi connectivity index (χ1v) is 3.73. The molecule has 0 aromatic heterocycles. The van der Waals surface area contributed by atoms with Crippen LogP contribution < -0.4 is 0 Å².